The molecule has 0 aliphatic carbocycles. The topological polar surface area (TPSA) is 88.6 Å². The van der Waals surface area contributed by atoms with Crippen LogP contribution in [0.4, 0.5) is 5.69 Å². The zero-order chi connectivity index (χ0) is 24.7. The Labute approximate surface area is 205 Å². The lowest BCUT2D eigenvalue weighted by Crippen LogP contribution is -2.31. The molecule has 4 rings (SSSR count). The third kappa shape index (κ3) is 6.04. The molecule has 1 amide bonds. The minimum atomic E-state index is -3.92. The Bertz CT molecular complexity index is 1340. The number of nitrogens with one attached hydrogen (secondary N) is 1. The lowest BCUT2D eigenvalue weighted by Gasteiger charge is -2.24. The molecule has 0 fully saturated rings. The number of pyridine rings is 1. The maximum atomic E-state index is 13.7. The third-order valence-corrected chi connectivity index (χ3v) is 6.75. The molecule has 3 aromatic carbocycles. The highest BCUT2D eigenvalue weighted by Gasteiger charge is 2.23. The lowest BCUT2D eigenvalue weighted by molar-refractivity contribution is 0.0731. The minimum Gasteiger partial charge on any atom is -0.497 e. The maximum Gasteiger partial charge on any atom is 0.261 e. The summed E-state index contributed by atoms with van der Waals surface area (Å²) in [5.74, 6) is 0.247. The van der Waals surface area contributed by atoms with Gasteiger partial charge in [-0.25, -0.2) is 8.42 Å². The highest BCUT2D eigenvalue weighted by Crippen LogP contribution is 2.24. The molecule has 0 unspecified atom stereocenters. The summed E-state index contributed by atoms with van der Waals surface area (Å²) in [5.41, 5.74) is 2.29. The summed E-state index contributed by atoms with van der Waals surface area (Å²) in [7, 11) is -2.41. The molecule has 0 radical (unpaired) electrons. The van der Waals surface area contributed by atoms with Crippen molar-refractivity contribution in [1.29, 1.82) is 0 Å². The summed E-state index contributed by atoms with van der Waals surface area (Å²) in [6.07, 6.45) is 3.39. The van der Waals surface area contributed by atoms with E-state index in [2.05, 4.69) is 9.71 Å². The van der Waals surface area contributed by atoms with Crippen molar-refractivity contribution in [2.24, 2.45) is 0 Å². The number of benzene rings is 3. The van der Waals surface area contributed by atoms with Crippen LogP contribution in [0.1, 0.15) is 21.5 Å². The van der Waals surface area contributed by atoms with Crippen molar-refractivity contribution in [3.8, 4) is 5.75 Å². The van der Waals surface area contributed by atoms with Gasteiger partial charge in [-0.2, -0.15) is 0 Å². The van der Waals surface area contributed by atoms with Gasteiger partial charge in [0.25, 0.3) is 15.9 Å². The number of para-hydroxylation sites is 1. The van der Waals surface area contributed by atoms with Gasteiger partial charge < -0.3 is 9.64 Å². The third-order valence-electron chi connectivity index (χ3n) is 5.37. The van der Waals surface area contributed by atoms with E-state index in [4.69, 9.17) is 4.74 Å². The van der Waals surface area contributed by atoms with Crippen LogP contribution in [0, 0.1) is 0 Å². The Balaban J connectivity index is 1.64. The second-order valence-corrected chi connectivity index (χ2v) is 9.52. The van der Waals surface area contributed by atoms with Crippen molar-refractivity contribution in [2.45, 2.75) is 18.0 Å². The molecule has 1 aromatic heterocycles. The molecule has 178 valence electrons. The minimum absolute atomic E-state index is 0.0667. The number of amides is 1. The van der Waals surface area contributed by atoms with E-state index in [0.29, 0.717) is 18.8 Å². The van der Waals surface area contributed by atoms with Crippen molar-refractivity contribution < 1.29 is 17.9 Å². The van der Waals surface area contributed by atoms with Crippen LogP contribution in [0.15, 0.2) is 108 Å². The first-order valence-corrected chi connectivity index (χ1v) is 12.4. The SMILES string of the molecule is COc1ccc(S(=O)(=O)Nc2ccccc2C(=O)N(Cc2ccccc2)Cc2cccnc2)cc1. The molecule has 7 nitrogen and oxygen atoms in total. The van der Waals surface area contributed by atoms with Crippen molar-refractivity contribution in [3.05, 3.63) is 120 Å². The van der Waals surface area contributed by atoms with Crippen LogP contribution in [0.3, 0.4) is 0 Å². The van der Waals surface area contributed by atoms with Gasteiger partial charge in [-0.3, -0.25) is 14.5 Å². The Morgan fingerprint density at radius 1 is 0.857 bits per heavy atom. The van der Waals surface area contributed by atoms with E-state index in [1.54, 1.807) is 53.7 Å². The molecule has 0 aliphatic heterocycles. The molecule has 0 spiro atoms. The molecule has 1 heterocycles. The number of sulfonamides is 1. The van der Waals surface area contributed by atoms with Crippen molar-refractivity contribution in [2.75, 3.05) is 11.8 Å². The van der Waals surface area contributed by atoms with Crippen molar-refractivity contribution in [1.82, 2.24) is 9.88 Å². The van der Waals surface area contributed by atoms with Gasteiger partial charge in [0.2, 0.25) is 0 Å². The number of ether oxygens (including phenoxy) is 1. The predicted octanol–water partition coefficient (Wildman–Crippen LogP) is 4.73. The molecule has 0 aliphatic rings. The number of carbonyl (C=O) groups excluding carboxylic acids is 1. The molecule has 0 bridgehead atoms. The molecule has 8 heteroatoms. The number of nitrogens with zero attached hydrogens (tertiary/aromatic N) is 2. The lowest BCUT2D eigenvalue weighted by atomic mass is 10.1. The number of aromatic nitrogens is 1. The largest absolute Gasteiger partial charge is 0.497 e. The van der Waals surface area contributed by atoms with E-state index in [9.17, 15) is 13.2 Å². The quantitative estimate of drug-likeness (QED) is 0.369. The first kappa shape index (κ1) is 24.0. The van der Waals surface area contributed by atoms with Crippen LogP contribution in [0.5, 0.6) is 5.75 Å². The first-order valence-electron chi connectivity index (χ1n) is 10.9. The second-order valence-electron chi connectivity index (χ2n) is 7.83. The Morgan fingerprint density at radius 2 is 1.51 bits per heavy atom. The highest BCUT2D eigenvalue weighted by atomic mass is 32.2. The van der Waals surface area contributed by atoms with E-state index < -0.39 is 10.0 Å². The van der Waals surface area contributed by atoms with Crippen molar-refractivity contribution >= 4 is 21.6 Å². The highest BCUT2D eigenvalue weighted by molar-refractivity contribution is 7.92. The molecule has 1 N–H and O–H groups in total. The van der Waals surface area contributed by atoms with Gasteiger partial charge in [0.1, 0.15) is 5.75 Å². The van der Waals surface area contributed by atoms with Gasteiger partial charge >= 0.3 is 0 Å². The van der Waals surface area contributed by atoms with E-state index in [1.807, 2.05) is 42.5 Å². The fourth-order valence-corrected chi connectivity index (χ4v) is 4.68. The standard InChI is InChI=1S/C27H25N3O4S/c1-34-23-13-15-24(16-14-23)35(32,33)29-26-12-6-5-11-25(26)27(31)30(19-21-8-3-2-4-9-21)20-22-10-7-17-28-18-22/h2-18,29H,19-20H2,1H3. The Kier molecular flexibility index (Phi) is 7.42. The van der Waals surface area contributed by atoms with E-state index in [-0.39, 0.29) is 22.1 Å². The molecular formula is C27H25N3O4S. The summed E-state index contributed by atoms with van der Waals surface area (Å²) in [5, 5.41) is 0. The molecule has 0 atom stereocenters. The second kappa shape index (κ2) is 10.8. The molecule has 35 heavy (non-hydrogen) atoms. The van der Waals surface area contributed by atoms with Crippen LogP contribution in [-0.4, -0.2) is 31.3 Å². The van der Waals surface area contributed by atoms with Crippen LogP contribution >= 0.6 is 0 Å². The first-order chi connectivity index (χ1) is 17.0. The number of hydrogen-bond acceptors (Lipinski definition) is 5. The summed E-state index contributed by atoms with van der Waals surface area (Å²) >= 11 is 0. The average Bonchev–Trinajstić information content (AvgIpc) is 2.89. The van der Waals surface area contributed by atoms with E-state index in [1.165, 1.54) is 19.2 Å². The van der Waals surface area contributed by atoms with Crippen LogP contribution in [-0.2, 0) is 23.1 Å². The average molecular weight is 488 g/mol. The molecule has 0 saturated heterocycles. The zero-order valence-corrected chi connectivity index (χ0v) is 20.0. The monoisotopic (exact) mass is 487 g/mol. The number of methoxy groups -OCH3 is 1. The predicted molar refractivity (Wildman–Crippen MR) is 135 cm³/mol. The summed E-state index contributed by atoms with van der Waals surface area (Å²) < 4.78 is 33.8. The van der Waals surface area contributed by atoms with Gasteiger partial charge in [-0.1, -0.05) is 48.5 Å². The van der Waals surface area contributed by atoms with Crippen LogP contribution in [0.2, 0.25) is 0 Å². The Morgan fingerprint density at radius 3 is 2.20 bits per heavy atom. The zero-order valence-electron chi connectivity index (χ0n) is 19.2. The number of anilines is 1. The van der Waals surface area contributed by atoms with Gasteiger partial charge in [0.15, 0.2) is 0 Å². The fraction of sp³-hybridized carbons (Fsp3) is 0.111. The van der Waals surface area contributed by atoms with Crippen molar-refractivity contribution in [3.63, 3.8) is 0 Å². The number of rotatable bonds is 9. The van der Waals surface area contributed by atoms with Gasteiger partial charge in [-0.05, 0) is 53.6 Å². The summed E-state index contributed by atoms with van der Waals surface area (Å²) in [6.45, 7) is 0.676. The van der Waals surface area contributed by atoms with Crippen LogP contribution in [0.25, 0.3) is 0 Å². The normalized spacial score (nSPS) is 11.0. The maximum absolute atomic E-state index is 13.7. The van der Waals surface area contributed by atoms with Gasteiger partial charge in [-0.15, -0.1) is 0 Å². The molecular weight excluding hydrogens is 462 g/mol. The fourth-order valence-electron chi connectivity index (χ4n) is 3.60. The van der Waals surface area contributed by atoms with Crippen LogP contribution < -0.4 is 9.46 Å². The number of carbonyl (C=O) groups is 1. The molecule has 0 saturated carbocycles. The van der Waals surface area contributed by atoms with E-state index in [0.717, 1.165) is 11.1 Å². The smallest absolute Gasteiger partial charge is 0.261 e. The Hall–Kier alpha value is -4.17. The summed E-state index contributed by atoms with van der Waals surface area (Å²) in [4.78, 5) is 19.6. The summed E-state index contributed by atoms with van der Waals surface area (Å²) in [6, 6.07) is 26.0. The van der Waals surface area contributed by atoms with E-state index >= 15 is 0 Å². The molecule has 4 aromatic rings. The van der Waals surface area contributed by atoms with Gasteiger partial charge in [0.05, 0.1) is 23.3 Å². The number of hydrogen-bond donors (Lipinski definition) is 1. The van der Waals surface area contributed by atoms with Gasteiger partial charge in [0, 0.05) is 25.5 Å².